The Kier molecular flexibility index (Phi) is 4.12. The first-order valence-electron chi connectivity index (χ1n) is 8.31. The van der Waals surface area contributed by atoms with E-state index in [0.29, 0.717) is 5.75 Å². The molecule has 1 N–H and O–H groups in total. The van der Waals surface area contributed by atoms with Crippen molar-refractivity contribution in [2.75, 3.05) is 0 Å². The summed E-state index contributed by atoms with van der Waals surface area (Å²) in [7, 11) is 0. The summed E-state index contributed by atoms with van der Waals surface area (Å²) in [6.07, 6.45) is -1.32. The molecule has 0 radical (unpaired) electrons. The van der Waals surface area contributed by atoms with Crippen LogP contribution in [0.25, 0.3) is 33.0 Å². The maximum atomic E-state index is 11.2. The molecule has 0 aliphatic rings. The van der Waals surface area contributed by atoms with Crippen molar-refractivity contribution in [1.29, 1.82) is 0 Å². The second kappa shape index (κ2) is 6.73. The van der Waals surface area contributed by atoms with E-state index in [2.05, 4.69) is 0 Å². The largest absolute Gasteiger partial charge is 0.511 e. The van der Waals surface area contributed by atoms with Gasteiger partial charge in [0, 0.05) is 5.56 Å². The fourth-order valence-electron chi connectivity index (χ4n) is 3.29. The van der Waals surface area contributed by atoms with Crippen molar-refractivity contribution in [2.24, 2.45) is 0 Å². The van der Waals surface area contributed by atoms with Crippen molar-refractivity contribution >= 4 is 16.9 Å². The predicted molar refractivity (Wildman–Crippen MR) is 103 cm³/mol. The van der Waals surface area contributed by atoms with Crippen molar-refractivity contribution in [3.63, 3.8) is 0 Å². The number of benzene rings is 4. The van der Waals surface area contributed by atoms with Gasteiger partial charge in [0.15, 0.2) is 0 Å². The van der Waals surface area contributed by atoms with Crippen LogP contribution in [0.1, 0.15) is 0 Å². The zero-order chi connectivity index (χ0) is 17.9. The van der Waals surface area contributed by atoms with Gasteiger partial charge in [0.1, 0.15) is 5.75 Å². The van der Waals surface area contributed by atoms with Gasteiger partial charge in [-0.3, -0.25) is 0 Å². The van der Waals surface area contributed by atoms with Crippen LogP contribution < -0.4 is 4.74 Å². The lowest BCUT2D eigenvalue weighted by Gasteiger charge is -2.16. The zero-order valence-electron chi connectivity index (χ0n) is 13.9. The minimum Gasteiger partial charge on any atom is -0.449 e. The molecule has 3 nitrogen and oxygen atoms in total. The third kappa shape index (κ3) is 2.91. The van der Waals surface area contributed by atoms with Crippen molar-refractivity contribution in [1.82, 2.24) is 0 Å². The van der Waals surface area contributed by atoms with E-state index >= 15 is 0 Å². The van der Waals surface area contributed by atoms with Crippen LogP contribution in [-0.4, -0.2) is 11.3 Å². The normalized spacial score (nSPS) is 10.6. The Morgan fingerprint density at radius 1 is 0.692 bits per heavy atom. The Bertz CT molecular complexity index is 1080. The molecule has 0 amide bonds. The van der Waals surface area contributed by atoms with E-state index in [9.17, 15) is 9.90 Å². The number of hydrogen-bond acceptors (Lipinski definition) is 2. The molecule has 3 heteroatoms. The average Bonchev–Trinajstić information content (AvgIpc) is 2.68. The molecule has 0 aromatic heterocycles. The summed E-state index contributed by atoms with van der Waals surface area (Å²) < 4.78 is 5.13. The topological polar surface area (TPSA) is 46.5 Å². The van der Waals surface area contributed by atoms with Crippen molar-refractivity contribution in [2.45, 2.75) is 0 Å². The molecule has 0 unspecified atom stereocenters. The van der Waals surface area contributed by atoms with E-state index in [1.807, 2.05) is 84.9 Å². The van der Waals surface area contributed by atoms with Gasteiger partial charge in [-0.15, -0.1) is 0 Å². The summed E-state index contributed by atoms with van der Waals surface area (Å²) in [6.45, 7) is 0. The molecule has 0 saturated heterocycles. The van der Waals surface area contributed by atoms with Gasteiger partial charge in [-0.05, 0) is 33.5 Å². The quantitative estimate of drug-likeness (QED) is 0.355. The molecular formula is C23H16O3. The second-order valence-electron chi connectivity index (χ2n) is 5.94. The fraction of sp³-hybridized carbons (Fsp3) is 0. The Labute approximate surface area is 151 Å². The highest BCUT2D eigenvalue weighted by Gasteiger charge is 2.17. The molecule has 0 heterocycles. The van der Waals surface area contributed by atoms with Crippen molar-refractivity contribution in [3.8, 4) is 28.0 Å². The summed E-state index contributed by atoms with van der Waals surface area (Å²) in [5.74, 6) is 0.329. The SMILES string of the molecule is O=C(O)Oc1cccc(-c2ccccc2)c1-c1cccc2ccccc12. The number of hydrogen-bond donors (Lipinski definition) is 1. The predicted octanol–water partition coefficient (Wildman–Crippen LogP) is 6.23. The summed E-state index contributed by atoms with van der Waals surface area (Å²) in [4.78, 5) is 11.2. The number of carboxylic acid groups (broad SMARTS) is 1. The van der Waals surface area contributed by atoms with Crippen LogP contribution in [0.3, 0.4) is 0 Å². The first kappa shape index (κ1) is 15.9. The molecule has 26 heavy (non-hydrogen) atoms. The lowest BCUT2D eigenvalue weighted by atomic mass is 9.90. The monoisotopic (exact) mass is 340 g/mol. The number of rotatable bonds is 3. The number of fused-ring (bicyclic) bond motifs is 1. The van der Waals surface area contributed by atoms with Crippen LogP contribution in [-0.2, 0) is 0 Å². The molecule has 0 fully saturated rings. The maximum absolute atomic E-state index is 11.2. The molecule has 0 saturated carbocycles. The molecular weight excluding hydrogens is 324 g/mol. The van der Waals surface area contributed by atoms with Crippen LogP contribution in [0, 0.1) is 0 Å². The Balaban J connectivity index is 2.06. The van der Waals surface area contributed by atoms with Crippen molar-refractivity contribution in [3.05, 3.63) is 91.0 Å². The summed E-state index contributed by atoms with van der Waals surface area (Å²) in [5.41, 5.74) is 3.66. The third-order valence-electron chi connectivity index (χ3n) is 4.37. The molecule has 4 rings (SSSR count). The van der Waals surface area contributed by atoms with Crippen LogP contribution in [0.4, 0.5) is 4.79 Å². The van der Waals surface area contributed by atoms with E-state index < -0.39 is 6.16 Å². The van der Waals surface area contributed by atoms with E-state index in [0.717, 1.165) is 33.0 Å². The average molecular weight is 340 g/mol. The number of ether oxygens (including phenoxy) is 1. The first-order valence-corrected chi connectivity index (χ1v) is 8.31. The van der Waals surface area contributed by atoms with E-state index in [4.69, 9.17) is 4.74 Å². The molecule has 4 aromatic carbocycles. The lowest BCUT2D eigenvalue weighted by Crippen LogP contribution is -2.05. The van der Waals surface area contributed by atoms with Crippen LogP contribution in [0.5, 0.6) is 5.75 Å². The Morgan fingerprint density at radius 2 is 1.35 bits per heavy atom. The molecule has 0 bridgehead atoms. The fourth-order valence-corrected chi connectivity index (χ4v) is 3.29. The molecule has 0 spiro atoms. The molecule has 0 aliphatic carbocycles. The van der Waals surface area contributed by atoms with Gasteiger partial charge < -0.3 is 9.84 Å². The third-order valence-corrected chi connectivity index (χ3v) is 4.37. The van der Waals surface area contributed by atoms with Gasteiger partial charge in [-0.1, -0.05) is 84.9 Å². The highest BCUT2D eigenvalue weighted by atomic mass is 16.7. The minimum absolute atomic E-state index is 0.329. The molecule has 126 valence electrons. The van der Waals surface area contributed by atoms with Crippen LogP contribution in [0.15, 0.2) is 91.0 Å². The second-order valence-corrected chi connectivity index (χ2v) is 5.94. The van der Waals surface area contributed by atoms with Gasteiger partial charge in [0.05, 0.1) is 0 Å². The van der Waals surface area contributed by atoms with E-state index in [-0.39, 0.29) is 0 Å². The highest BCUT2D eigenvalue weighted by molar-refractivity contribution is 6.02. The van der Waals surface area contributed by atoms with E-state index in [1.165, 1.54) is 0 Å². The molecule has 0 aliphatic heterocycles. The van der Waals surface area contributed by atoms with Gasteiger partial charge in [-0.2, -0.15) is 0 Å². The molecule has 0 atom stereocenters. The maximum Gasteiger partial charge on any atom is 0.511 e. The zero-order valence-corrected chi connectivity index (χ0v) is 13.9. The number of carbonyl (C=O) groups is 1. The lowest BCUT2D eigenvalue weighted by molar-refractivity contribution is 0.144. The van der Waals surface area contributed by atoms with Gasteiger partial charge >= 0.3 is 6.16 Å². The Morgan fingerprint density at radius 3 is 2.15 bits per heavy atom. The van der Waals surface area contributed by atoms with Crippen LogP contribution >= 0.6 is 0 Å². The Hall–Kier alpha value is -3.59. The van der Waals surface area contributed by atoms with E-state index in [1.54, 1.807) is 6.07 Å². The summed E-state index contributed by atoms with van der Waals surface area (Å²) >= 11 is 0. The highest BCUT2D eigenvalue weighted by Crippen LogP contribution is 2.42. The first-order chi connectivity index (χ1) is 12.7. The summed E-state index contributed by atoms with van der Waals surface area (Å²) in [5, 5.41) is 11.3. The smallest absolute Gasteiger partial charge is 0.449 e. The van der Waals surface area contributed by atoms with Crippen LogP contribution in [0.2, 0.25) is 0 Å². The van der Waals surface area contributed by atoms with Gasteiger partial charge in [0.2, 0.25) is 0 Å². The molecule has 4 aromatic rings. The standard InChI is InChI=1S/C23H16O3/c24-23(25)26-21-15-7-13-19(17-8-2-1-3-9-17)22(21)20-14-6-11-16-10-4-5-12-18(16)20/h1-15H,(H,24,25). The summed E-state index contributed by atoms with van der Waals surface area (Å²) in [6, 6.07) is 29.5. The van der Waals surface area contributed by atoms with Crippen molar-refractivity contribution < 1.29 is 14.6 Å². The van der Waals surface area contributed by atoms with Gasteiger partial charge in [-0.25, -0.2) is 4.79 Å². The minimum atomic E-state index is -1.32. The van der Waals surface area contributed by atoms with Gasteiger partial charge in [0.25, 0.3) is 0 Å².